The van der Waals surface area contributed by atoms with E-state index < -0.39 is 0 Å². The van der Waals surface area contributed by atoms with Gasteiger partial charge in [-0.1, -0.05) is 24.3 Å². The third-order valence-corrected chi connectivity index (χ3v) is 3.91. The van der Waals surface area contributed by atoms with Gasteiger partial charge in [0.25, 0.3) is 0 Å². The lowest BCUT2D eigenvalue weighted by Crippen LogP contribution is -2.30. The Morgan fingerprint density at radius 1 is 1.15 bits per heavy atom. The van der Waals surface area contributed by atoms with Crippen LogP contribution in [0.3, 0.4) is 0 Å². The highest BCUT2D eigenvalue weighted by Crippen LogP contribution is 2.25. The average molecular weight is 268 g/mol. The molecule has 1 aliphatic rings. The van der Waals surface area contributed by atoms with Crippen molar-refractivity contribution < 1.29 is 4.74 Å². The monoisotopic (exact) mass is 268 g/mol. The number of nitrogens with zero attached hydrogens (tertiary/aromatic N) is 1. The molecule has 3 heteroatoms. The molecule has 3 rings (SSSR count). The molecular formula is C17H20N2O. The summed E-state index contributed by atoms with van der Waals surface area (Å²) in [7, 11) is 1.73. The molecule has 0 amide bonds. The van der Waals surface area contributed by atoms with Gasteiger partial charge >= 0.3 is 0 Å². The molecule has 0 aliphatic carbocycles. The van der Waals surface area contributed by atoms with Crippen LogP contribution in [0.5, 0.6) is 5.75 Å². The Balaban J connectivity index is 1.77. The standard InChI is InChI=1S/C17H20N2O/c1-20-17-5-3-2-4-14(17)11-19-9-8-13-6-7-16(18)10-15(13)12-19/h2-7,10H,8-9,11-12,18H2,1H3. The number of hydrogen-bond acceptors (Lipinski definition) is 3. The summed E-state index contributed by atoms with van der Waals surface area (Å²) in [5.74, 6) is 0.964. The van der Waals surface area contributed by atoms with E-state index in [0.29, 0.717) is 0 Å². The van der Waals surface area contributed by atoms with E-state index in [1.807, 2.05) is 18.2 Å². The lowest BCUT2D eigenvalue weighted by Gasteiger charge is -2.29. The van der Waals surface area contributed by atoms with Crippen molar-refractivity contribution in [3.63, 3.8) is 0 Å². The van der Waals surface area contributed by atoms with E-state index >= 15 is 0 Å². The Kier molecular flexibility index (Phi) is 3.61. The Bertz CT molecular complexity index is 610. The maximum Gasteiger partial charge on any atom is 0.123 e. The smallest absolute Gasteiger partial charge is 0.123 e. The maximum atomic E-state index is 5.89. The van der Waals surface area contributed by atoms with E-state index in [1.54, 1.807) is 7.11 Å². The summed E-state index contributed by atoms with van der Waals surface area (Å²) in [5.41, 5.74) is 10.8. The van der Waals surface area contributed by atoms with E-state index in [-0.39, 0.29) is 0 Å². The third kappa shape index (κ3) is 2.63. The lowest BCUT2D eigenvalue weighted by molar-refractivity contribution is 0.242. The van der Waals surface area contributed by atoms with Gasteiger partial charge in [0.05, 0.1) is 7.11 Å². The largest absolute Gasteiger partial charge is 0.496 e. The van der Waals surface area contributed by atoms with Crippen LogP contribution in [0.1, 0.15) is 16.7 Å². The van der Waals surface area contributed by atoms with Crippen LogP contribution in [0.4, 0.5) is 5.69 Å². The Morgan fingerprint density at radius 3 is 2.85 bits per heavy atom. The molecule has 0 bridgehead atoms. The van der Waals surface area contributed by atoms with Crippen molar-refractivity contribution >= 4 is 5.69 Å². The van der Waals surface area contributed by atoms with Crippen molar-refractivity contribution in [1.29, 1.82) is 0 Å². The van der Waals surface area contributed by atoms with Crippen molar-refractivity contribution in [3.05, 3.63) is 59.2 Å². The van der Waals surface area contributed by atoms with Gasteiger partial charge < -0.3 is 10.5 Å². The van der Waals surface area contributed by atoms with Crippen LogP contribution in [0.15, 0.2) is 42.5 Å². The van der Waals surface area contributed by atoms with Crippen LogP contribution in [-0.2, 0) is 19.5 Å². The fraction of sp³-hybridized carbons (Fsp3) is 0.294. The molecular weight excluding hydrogens is 248 g/mol. The van der Waals surface area contributed by atoms with Crippen LogP contribution in [0.25, 0.3) is 0 Å². The summed E-state index contributed by atoms with van der Waals surface area (Å²) < 4.78 is 5.43. The number of hydrogen-bond donors (Lipinski definition) is 1. The SMILES string of the molecule is COc1ccccc1CN1CCc2ccc(N)cc2C1. The van der Waals surface area contributed by atoms with Crippen LogP contribution in [0.2, 0.25) is 0 Å². The molecule has 104 valence electrons. The maximum absolute atomic E-state index is 5.89. The number of para-hydroxylation sites is 1. The molecule has 2 N–H and O–H groups in total. The number of methoxy groups -OCH3 is 1. The van der Waals surface area contributed by atoms with E-state index in [0.717, 1.165) is 37.5 Å². The number of ether oxygens (including phenoxy) is 1. The molecule has 3 nitrogen and oxygen atoms in total. The van der Waals surface area contributed by atoms with Gasteiger partial charge in [-0.05, 0) is 35.7 Å². The number of fused-ring (bicyclic) bond motifs is 1. The second-order valence-corrected chi connectivity index (χ2v) is 5.30. The normalized spacial score (nSPS) is 14.8. The van der Waals surface area contributed by atoms with Gasteiger partial charge in [-0.2, -0.15) is 0 Å². The molecule has 0 aromatic heterocycles. The van der Waals surface area contributed by atoms with Gasteiger partial charge in [-0.25, -0.2) is 0 Å². The zero-order valence-corrected chi connectivity index (χ0v) is 11.8. The van der Waals surface area contributed by atoms with Gasteiger partial charge in [-0.15, -0.1) is 0 Å². The minimum atomic E-state index is 0.850. The van der Waals surface area contributed by atoms with Crippen molar-refractivity contribution in [1.82, 2.24) is 4.90 Å². The summed E-state index contributed by atoms with van der Waals surface area (Å²) in [6, 6.07) is 14.5. The first-order chi connectivity index (χ1) is 9.76. The first-order valence-electron chi connectivity index (χ1n) is 6.98. The van der Waals surface area contributed by atoms with Gasteiger partial charge in [0.2, 0.25) is 0 Å². The molecule has 0 radical (unpaired) electrons. The summed E-state index contributed by atoms with van der Waals surface area (Å²) >= 11 is 0. The molecule has 1 aliphatic heterocycles. The minimum absolute atomic E-state index is 0.850. The number of anilines is 1. The van der Waals surface area contributed by atoms with Crippen molar-refractivity contribution in [2.24, 2.45) is 0 Å². The molecule has 0 saturated heterocycles. The Hall–Kier alpha value is -2.00. The van der Waals surface area contributed by atoms with Gasteiger partial charge in [0.15, 0.2) is 0 Å². The first kappa shape index (κ1) is 13.0. The van der Waals surface area contributed by atoms with E-state index in [9.17, 15) is 0 Å². The van der Waals surface area contributed by atoms with E-state index in [4.69, 9.17) is 10.5 Å². The molecule has 0 saturated carbocycles. The molecule has 0 fully saturated rings. The third-order valence-electron chi connectivity index (χ3n) is 3.91. The number of nitrogen functional groups attached to an aromatic ring is 1. The zero-order chi connectivity index (χ0) is 13.9. The molecule has 2 aromatic carbocycles. The topological polar surface area (TPSA) is 38.5 Å². The summed E-state index contributed by atoms with van der Waals surface area (Å²) in [5, 5.41) is 0. The quantitative estimate of drug-likeness (QED) is 0.870. The Labute approximate surface area is 120 Å². The number of benzene rings is 2. The predicted octanol–water partition coefficient (Wildman–Crippen LogP) is 2.84. The number of nitrogens with two attached hydrogens (primary N) is 1. The number of rotatable bonds is 3. The lowest BCUT2D eigenvalue weighted by atomic mass is 9.98. The fourth-order valence-corrected chi connectivity index (χ4v) is 2.84. The molecule has 20 heavy (non-hydrogen) atoms. The fourth-order valence-electron chi connectivity index (χ4n) is 2.84. The summed E-state index contributed by atoms with van der Waals surface area (Å²) in [6.07, 6.45) is 1.09. The van der Waals surface area contributed by atoms with Gasteiger partial charge in [0.1, 0.15) is 5.75 Å². The van der Waals surface area contributed by atoms with Crippen molar-refractivity contribution in [2.75, 3.05) is 19.4 Å². The second kappa shape index (κ2) is 5.55. The summed E-state index contributed by atoms with van der Waals surface area (Å²) in [4.78, 5) is 2.44. The first-order valence-corrected chi connectivity index (χ1v) is 6.98. The minimum Gasteiger partial charge on any atom is -0.496 e. The zero-order valence-electron chi connectivity index (χ0n) is 11.8. The van der Waals surface area contributed by atoms with Gasteiger partial charge in [-0.3, -0.25) is 4.90 Å². The Morgan fingerprint density at radius 2 is 2.00 bits per heavy atom. The second-order valence-electron chi connectivity index (χ2n) is 5.30. The highest BCUT2D eigenvalue weighted by molar-refractivity contribution is 5.45. The van der Waals surface area contributed by atoms with E-state index in [1.165, 1.54) is 16.7 Å². The molecule has 0 unspecified atom stereocenters. The van der Waals surface area contributed by atoms with Crippen LogP contribution in [0, 0.1) is 0 Å². The van der Waals surface area contributed by atoms with Crippen LogP contribution < -0.4 is 10.5 Å². The van der Waals surface area contributed by atoms with E-state index in [2.05, 4.69) is 29.2 Å². The highest BCUT2D eigenvalue weighted by Gasteiger charge is 2.17. The van der Waals surface area contributed by atoms with Gasteiger partial charge in [0, 0.05) is 30.9 Å². The van der Waals surface area contributed by atoms with Crippen molar-refractivity contribution in [2.45, 2.75) is 19.5 Å². The summed E-state index contributed by atoms with van der Waals surface area (Å²) in [6.45, 7) is 2.95. The van der Waals surface area contributed by atoms with Crippen molar-refractivity contribution in [3.8, 4) is 5.75 Å². The molecule has 0 spiro atoms. The predicted molar refractivity (Wildman–Crippen MR) is 81.7 cm³/mol. The van der Waals surface area contributed by atoms with Crippen LogP contribution in [-0.4, -0.2) is 18.6 Å². The van der Waals surface area contributed by atoms with Crippen LogP contribution >= 0.6 is 0 Å². The molecule has 1 heterocycles. The molecule has 2 aromatic rings. The highest BCUT2D eigenvalue weighted by atomic mass is 16.5. The molecule has 0 atom stereocenters. The average Bonchev–Trinajstić information content (AvgIpc) is 2.47.